The Morgan fingerprint density at radius 2 is 1.81 bits per heavy atom. The van der Waals surface area contributed by atoms with Crippen molar-refractivity contribution in [3.8, 4) is 11.5 Å². The first-order valence-electron chi connectivity index (χ1n) is 9.31. The summed E-state index contributed by atoms with van der Waals surface area (Å²) in [5.41, 5.74) is 1.59. The lowest BCUT2D eigenvalue weighted by molar-refractivity contribution is -0.116. The maximum absolute atomic E-state index is 12.5. The molecule has 2 amide bonds. The van der Waals surface area contributed by atoms with Crippen LogP contribution in [0.5, 0.6) is 11.5 Å². The molecule has 0 radical (unpaired) electrons. The van der Waals surface area contributed by atoms with Gasteiger partial charge in [0.05, 0.1) is 12.1 Å². The maximum Gasteiger partial charge on any atom is 0.231 e. The molecule has 0 atom stereocenters. The second kappa shape index (κ2) is 8.83. The monoisotopic (exact) mass is 457 g/mol. The van der Waals surface area contributed by atoms with Crippen LogP contribution in [0.2, 0.25) is 10.0 Å². The summed E-state index contributed by atoms with van der Waals surface area (Å²) in [4.78, 5) is 30.6. The van der Waals surface area contributed by atoms with E-state index in [-0.39, 0.29) is 25.0 Å². The van der Waals surface area contributed by atoms with Gasteiger partial charge in [-0.05, 0) is 35.9 Å². The first kappa shape index (κ1) is 21.0. The van der Waals surface area contributed by atoms with E-state index in [4.69, 9.17) is 32.7 Å². The lowest BCUT2D eigenvalue weighted by Gasteiger charge is -2.21. The highest BCUT2D eigenvalue weighted by Gasteiger charge is 2.21. The van der Waals surface area contributed by atoms with Crippen molar-refractivity contribution in [1.29, 1.82) is 0 Å². The van der Waals surface area contributed by atoms with Gasteiger partial charge in [0.15, 0.2) is 11.5 Å². The molecule has 0 saturated carbocycles. The fourth-order valence-electron chi connectivity index (χ4n) is 3.19. The third-order valence-electron chi connectivity index (χ3n) is 4.59. The Labute approximate surface area is 188 Å². The van der Waals surface area contributed by atoms with Gasteiger partial charge in [-0.15, -0.1) is 0 Å². The summed E-state index contributed by atoms with van der Waals surface area (Å²) < 4.78 is 10.7. The lowest BCUT2D eigenvalue weighted by atomic mass is 10.1. The van der Waals surface area contributed by atoms with Crippen molar-refractivity contribution in [3.63, 3.8) is 0 Å². The summed E-state index contributed by atoms with van der Waals surface area (Å²) in [5, 5.41) is 3.63. The van der Waals surface area contributed by atoms with E-state index in [1.54, 1.807) is 48.5 Å². The SMILES string of the molecule is CC(=O)N(c1ccc2c(c1)OCO2)c1cc(NC(=O)Cc2c(Cl)cccc2Cl)ccn1. The Balaban J connectivity index is 1.56. The second-order valence-corrected chi connectivity index (χ2v) is 7.53. The molecule has 31 heavy (non-hydrogen) atoms. The zero-order valence-electron chi connectivity index (χ0n) is 16.4. The van der Waals surface area contributed by atoms with Crippen molar-refractivity contribution >= 4 is 52.2 Å². The Bertz CT molecular complexity index is 1150. The minimum absolute atomic E-state index is 0.00868. The Morgan fingerprint density at radius 3 is 2.55 bits per heavy atom. The molecule has 0 bridgehead atoms. The number of nitrogens with one attached hydrogen (secondary N) is 1. The average Bonchev–Trinajstić information content (AvgIpc) is 3.19. The van der Waals surface area contributed by atoms with Crippen molar-refractivity contribution in [2.75, 3.05) is 17.0 Å². The maximum atomic E-state index is 12.5. The van der Waals surface area contributed by atoms with Gasteiger partial charge in [0.2, 0.25) is 18.6 Å². The fraction of sp³-hybridized carbons (Fsp3) is 0.136. The van der Waals surface area contributed by atoms with Gasteiger partial charge in [-0.25, -0.2) is 4.98 Å². The van der Waals surface area contributed by atoms with Crippen molar-refractivity contribution in [2.24, 2.45) is 0 Å². The highest BCUT2D eigenvalue weighted by molar-refractivity contribution is 6.36. The van der Waals surface area contributed by atoms with Crippen LogP contribution in [-0.2, 0) is 16.0 Å². The normalized spacial score (nSPS) is 11.8. The number of hydrogen-bond donors (Lipinski definition) is 1. The van der Waals surface area contributed by atoms with Crippen molar-refractivity contribution in [1.82, 2.24) is 4.98 Å². The molecule has 0 unspecified atom stereocenters. The van der Waals surface area contributed by atoms with E-state index in [0.717, 1.165) is 0 Å². The van der Waals surface area contributed by atoms with Gasteiger partial charge >= 0.3 is 0 Å². The number of halogens is 2. The van der Waals surface area contributed by atoms with Gasteiger partial charge in [-0.3, -0.25) is 14.5 Å². The molecule has 1 aliphatic rings. The number of rotatable bonds is 5. The zero-order chi connectivity index (χ0) is 22.0. The first-order chi connectivity index (χ1) is 14.9. The number of pyridine rings is 1. The number of nitrogens with zero attached hydrogens (tertiary/aromatic N) is 2. The molecule has 4 rings (SSSR count). The van der Waals surface area contributed by atoms with Crippen LogP contribution in [0.3, 0.4) is 0 Å². The molecule has 9 heteroatoms. The molecule has 2 aromatic carbocycles. The van der Waals surface area contributed by atoms with Gasteiger partial charge < -0.3 is 14.8 Å². The molecule has 0 aliphatic carbocycles. The van der Waals surface area contributed by atoms with Gasteiger partial charge in [0.1, 0.15) is 5.82 Å². The number of carbonyl (C=O) groups excluding carboxylic acids is 2. The van der Waals surface area contributed by atoms with E-state index >= 15 is 0 Å². The minimum atomic E-state index is -0.301. The number of carbonyl (C=O) groups is 2. The number of amides is 2. The molecular weight excluding hydrogens is 441 g/mol. The molecule has 0 saturated heterocycles. The summed E-state index contributed by atoms with van der Waals surface area (Å²) in [7, 11) is 0. The minimum Gasteiger partial charge on any atom is -0.454 e. The van der Waals surface area contributed by atoms with Crippen LogP contribution in [-0.4, -0.2) is 23.6 Å². The lowest BCUT2D eigenvalue weighted by Crippen LogP contribution is -2.24. The van der Waals surface area contributed by atoms with Gasteiger partial charge in [-0.1, -0.05) is 29.3 Å². The molecule has 158 valence electrons. The van der Waals surface area contributed by atoms with E-state index in [1.165, 1.54) is 18.0 Å². The molecule has 2 heterocycles. The van der Waals surface area contributed by atoms with E-state index in [1.807, 2.05) is 0 Å². The van der Waals surface area contributed by atoms with Crippen LogP contribution in [0, 0.1) is 0 Å². The summed E-state index contributed by atoms with van der Waals surface area (Å²) in [6, 6.07) is 13.5. The van der Waals surface area contributed by atoms with Gasteiger partial charge in [0, 0.05) is 41.0 Å². The number of hydrogen-bond acceptors (Lipinski definition) is 5. The number of benzene rings is 2. The molecule has 1 aliphatic heterocycles. The third kappa shape index (κ3) is 4.57. The second-order valence-electron chi connectivity index (χ2n) is 6.72. The van der Waals surface area contributed by atoms with Crippen LogP contribution >= 0.6 is 23.2 Å². The Hall–Kier alpha value is -3.29. The molecule has 7 nitrogen and oxygen atoms in total. The molecule has 0 spiro atoms. The molecule has 3 aromatic rings. The standard InChI is InChI=1S/C22H17Cl2N3O4/c1-13(28)27(15-5-6-19-20(10-15)31-12-30-19)21-9-14(7-8-25-21)26-22(29)11-16-17(23)3-2-4-18(16)24/h2-10H,11-12H2,1H3,(H,25,26,29). The average molecular weight is 458 g/mol. The van der Waals surface area contributed by atoms with Crippen LogP contribution < -0.4 is 19.7 Å². The summed E-state index contributed by atoms with van der Waals surface area (Å²) >= 11 is 12.3. The quantitative estimate of drug-likeness (QED) is 0.583. The Morgan fingerprint density at radius 1 is 1.06 bits per heavy atom. The van der Waals surface area contributed by atoms with E-state index in [2.05, 4.69) is 10.3 Å². The molecule has 0 fully saturated rings. The molecule has 1 N–H and O–H groups in total. The highest BCUT2D eigenvalue weighted by atomic mass is 35.5. The van der Waals surface area contributed by atoms with Gasteiger partial charge in [-0.2, -0.15) is 0 Å². The van der Waals surface area contributed by atoms with Crippen LogP contribution in [0.1, 0.15) is 12.5 Å². The summed E-state index contributed by atoms with van der Waals surface area (Å²) in [6.07, 6.45) is 1.52. The van der Waals surface area contributed by atoms with Gasteiger partial charge in [0.25, 0.3) is 0 Å². The van der Waals surface area contributed by atoms with E-state index < -0.39 is 0 Å². The fourth-order valence-corrected chi connectivity index (χ4v) is 3.72. The number of aromatic nitrogens is 1. The highest BCUT2D eigenvalue weighted by Crippen LogP contribution is 2.37. The largest absolute Gasteiger partial charge is 0.454 e. The van der Waals surface area contributed by atoms with Crippen LogP contribution in [0.25, 0.3) is 0 Å². The number of fused-ring (bicyclic) bond motifs is 1. The number of anilines is 3. The topological polar surface area (TPSA) is 80.8 Å². The van der Waals surface area contributed by atoms with Crippen molar-refractivity contribution in [3.05, 3.63) is 70.3 Å². The zero-order valence-corrected chi connectivity index (χ0v) is 17.9. The van der Waals surface area contributed by atoms with Crippen molar-refractivity contribution in [2.45, 2.75) is 13.3 Å². The molecular formula is C22H17Cl2N3O4. The van der Waals surface area contributed by atoms with E-state index in [0.29, 0.717) is 44.3 Å². The van der Waals surface area contributed by atoms with E-state index in [9.17, 15) is 9.59 Å². The van der Waals surface area contributed by atoms with Crippen LogP contribution in [0.4, 0.5) is 17.2 Å². The smallest absolute Gasteiger partial charge is 0.231 e. The first-order valence-corrected chi connectivity index (χ1v) is 10.1. The summed E-state index contributed by atoms with van der Waals surface area (Å²) in [6.45, 7) is 1.56. The predicted molar refractivity (Wildman–Crippen MR) is 118 cm³/mol. The third-order valence-corrected chi connectivity index (χ3v) is 5.29. The summed E-state index contributed by atoms with van der Waals surface area (Å²) in [5.74, 6) is 0.950. The Kier molecular flexibility index (Phi) is 5.97. The van der Waals surface area contributed by atoms with Crippen LogP contribution in [0.15, 0.2) is 54.7 Å². The molecule has 1 aromatic heterocycles. The number of ether oxygens (including phenoxy) is 2. The predicted octanol–water partition coefficient (Wildman–Crippen LogP) is 4.98. The van der Waals surface area contributed by atoms with Crippen molar-refractivity contribution < 1.29 is 19.1 Å².